The van der Waals surface area contributed by atoms with Crippen molar-refractivity contribution in [2.75, 3.05) is 40.5 Å². The summed E-state index contributed by atoms with van der Waals surface area (Å²) in [5.74, 6) is 1.44. The summed E-state index contributed by atoms with van der Waals surface area (Å²) in [5.41, 5.74) is 1.76. The van der Waals surface area contributed by atoms with Crippen LogP contribution in [-0.4, -0.2) is 57.4 Å². The van der Waals surface area contributed by atoms with Crippen molar-refractivity contribution in [2.45, 2.75) is 51.6 Å². The second-order valence-corrected chi connectivity index (χ2v) is 9.54. The quantitative estimate of drug-likeness (QED) is 0.491. The molecule has 1 unspecified atom stereocenters. The molecule has 0 amide bonds. The van der Waals surface area contributed by atoms with E-state index in [1.807, 2.05) is 12.1 Å². The highest BCUT2D eigenvalue weighted by molar-refractivity contribution is 5.90. The molecule has 0 aromatic heterocycles. The fourth-order valence-corrected chi connectivity index (χ4v) is 3.98. The molecule has 0 bridgehead atoms. The summed E-state index contributed by atoms with van der Waals surface area (Å²) in [7, 11) is 3.11. The number of rotatable bonds is 9. The van der Waals surface area contributed by atoms with Crippen LogP contribution in [0.25, 0.3) is 0 Å². The highest BCUT2D eigenvalue weighted by Gasteiger charge is 2.23. The number of piperidine rings is 1. The molecule has 1 atom stereocenters. The van der Waals surface area contributed by atoms with Gasteiger partial charge in [-0.15, -0.1) is 0 Å². The zero-order valence-electron chi connectivity index (χ0n) is 20.6. The molecule has 6 heteroatoms. The van der Waals surface area contributed by atoms with E-state index in [0.29, 0.717) is 30.2 Å². The minimum absolute atomic E-state index is 0.0876. The summed E-state index contributed by atoms with van der Waals surface area (Å²) < 4.78 is 22.5. The predicted molar refractivity (Wildman–Crippen MR) is 130 cm³/mol. The first-order valence-electron chi connectivity index (χ1n) is 11.7. The lowest BCUT2D eigenvalue weighted by atomic mass is 9.87. The molecule has 1 fully saturated rings. The lowest BCUT2D eigenvalue weighted by Crippen LogP contribution is -2.41. The Morgan fingerprint density at radius 2 is 1.61 bits per heavy atom. The molecule has 1 heterocycles. The maximum atomic E-state index is 12.9. The highest BCUT2D eigenvalue weighted by Crippen LogP contribution is 2.28. The van der Waals surface area contributed by atoms with Crippen molar-refractivity contribution in [3.63, 3.8) is 0 Å². The minimum Gasteiger partial charge on any atom is -0.493 e. The Labute approximate surface area is 197 Å². The topological polar surface area (TPSA) is 57.2 Å². The van der Waals surface area contributed by atoms with Gasteiger partial charge < -0.3 is 18.9 Å². The summed E-state index contributed by atoms with van der Waals surface area (Å²) >= 11 is 0. The Balaban J connectivity index is 1.69. The number of benzene rings is 2. The molecule has 2 aromatic carbocycles. The van der Waals surface area contributed by atoms with Crippen molar-refractivity contribution in [3.05, 3.63) is 53.6 Å². The van der Waals surface area contributed by atoms with Crippen molar-refractivity contribution in [2.24, 2.45) is 0 Å². The average Bonchev–Trinajstić information content (AvgIpc) is 2.82. The van der Waals surface area contributed by atoms with Crippen molar-refractivity contribution >= 4 is 5.97 Å². The highest BCUT2D eigenvalue weighted by atomic mass is 16.6. The molecule has 1 saturated heterocycles. The van der Waals surface area contributed by atoms with Gasteiger partial charge in [0.05, 0.1) is 19.8 Å². The Morgan fingerprint density at radius 1 is 0.939 bits per heavy atom. The van der Waals surface area contributed by atoms with Gasteiger partial charge in [-0.25, -0.2) is 4.79 Å². The van der Waals surface area contributed by atoms with Crippen LogP contribution in [0.4, 0.5) is 0 Å². The van der Waals surface area contributed by atoms with Crippen molar-refractivity contribution in [1.82, 2.24) is 4.90 Å². The predicted octanol–water partition coefficient (Wildman–Crippen LogP) is 5.09. The van der Waals surface area contributed by atoms with E-state index in [4.69, 9.17) is 18.9 Å². The molecule has 180 valence electrons. The number of carbonyl (C=O) groups excluding carboxylic acids is 1. The third-order valence-electron chi connectivity index (χ3n) is 5.96. The molecule has 0 aliphatic carbocycles. The van der Waals surface area contributed by atoms with Crippen LogP contribution < -0.4 is 14.2 Å². The third kappa shape index (κ3) is 7.13. The lowest BCUT2D eigenvalue weighted by molar-refractivity contribution is 0.00388. The molecule has 0 radical (unpaired) electrons. The molecule has 2 aromatic rings. The molecule has 1 aliphatic heterocycles. The molecule has 0 saturated carbocycles. The smallest absolute Gasteiger partial charge is 0.338 e. The van der Waals surface area contributed by atoms with Crippen LogP contribution in [0.15, 0.2) is 42.5 Å². The number of methoxy groups -OCH3 is 2. The molecule has 6 nitrogen and oxygen atoms in total. The summed E-state index contributed by atoms with van der Waals surface area (Å²) in [6.45, 7) is 9.54. The van der Waals surface area contributed by atoms with E-state index in [1.54, 1.807) is 32.4 Å². The minimum atomic E-state index is -0.398. The standard InChI is InChI=1S/C27H37NO5/c1-27(2,3)21-10-12-22(13-11-21)32-19-23(18-28-15-7-6-8-16-28)33-26(29)20-9-14-24(30-4)25(17-20)31-5/h9-14,17,23H,6-8,15-16,18-19H2,1-5H3. The number of hydrogen-bond donors (Lipinski definition) is 0. The van der Waals surface area contributed by atoms with Crippen LogP contribution in [0.5, 0.6) is 17.2 Å². The van der Waals surface area contributed by atoms with E-state index in [9.17, 15) is 4.79 Å². The fraction of sp³-hybridized carbons (Fsp3) is 0.519. The van der Waals surface area contributed by atoms with Gasteiger partial charge in [0.2, 0.25) is 0 Å². The van der Waals surface area contributed by atoms with Gasteiger partial charge in [0.15, 0.2) is 11.5 Å². The van der Waals surface area contributed by atoms with Crippen molar-refractivity contribution in [3.8, 4) is 17.2 Å². The number of carbonyl (C=O) groups is 1. The van der Waals surface area contributed by atoms with E-state index in [2.05, 4.69) is 37.8 Å². The fourth-order valence-electron chi connectivity index (χ4n) is 3.98. The van der Waals surface area contributed by atoms with Gasteiger partial charge in [0.1, 0.15) is 18.5 Å². The Kier molecular flexibility index (Phi) is 8.61. The zero-order chi connectivity index (χ0) is 23.8. The molecular formula is C27H37NO5. The summed E-state index contributed by atoms with van der Waals surface area (Å²) in [5, 5.41) is 0. The molecule has 33 heavy (non-hydrogen) atoms. The number of likely N-dealkylation sites (tertiary alicyclic amines) is 1. The lowest BCUT2D eigenvalue weighted by Gasteiger charge is -2.30. The van der Waals surface area contributed by atoms with Crippen LogP contribution in [-0.2, 0) is 10.2 Å². The van der Waals surface area contributed by atoms with Crippen LogP contribution in [0.2, 0.25) is 0 Å². The van der Waals surface area contributed by atoms with Crippen molar-refractivity contribution < 1.29 is 23.7 Å². The third-order valence-corrected chi connectivity index (χ3v) is 5.96. The second-order valence-electron chi connectivity index (χ2n) is 9.54. The first-order valence-corrected chi connectivity index (χ1v) is 11.7. The van der Waals surface area contributed by atoms with Crippen molar-refractivity contribution in [1.29, 1.82) is 0 Å². The largest absolute Gasteiger partial charge is 0.493 e. The Morgan fingerprint density at radius 3 is 2.21 bits per heavy atom. The second kappa shape index (κ2) is 11.4. The van der Waals surface area contributed by atoms with Crippen LogP contribution in [0.3, 0.4) is 0 Å². The van der Waals surface area contributed by atoms with Gasteiger partial charge in [-0.05, 0) is 67.2 Å². The SMILES string of the molecule is COc1ccc(C(=O)OC(COc2ccc(C(C)(C)C)cc2)CN2CCCCC2)cc1OC. The molecule has 0 N–H and O–H groups in total. The molecule has 1 aliphatic rings. The van der Waals surface area contributed by atoms with Gasteiger partial charge in [0, 0.05) is 6.54 Å². The number of ether oxygens (including phenoxy) is 4. The van der Waals surface area contributed by atoms with Crippen LogP contribution in [0, 0.1) is 0 Å². The maximum absolute atomic E-state index is 12.9. The van der Waals surface area contributed by atoms with Gasteiger partial charge in [0.25, 0.3) is 0 Å². The molecule has 0 spiro atoms. The van der Waals surface area contributed by atoms with Gasteiger partial charge in [-0.1, -0.05) is 39.3 Å². The van der Waals surface area contributed by atoms with E-state index in [1.165, 1.54) is 24.8 Å². The summed E-state index contributed by atoms with van der Waals surface area (Å²) in [6.07, 6.45) is 3.21. The van der Waals surface area contributed by atoms with Crippen LogP contribution in [0.1, 0.15) is 56.0 Å². The maximum Gasteiger partial charge on any atom is 0.338 e. The van der Waals surface area contributed by atoms with E-state index in [0.717, 1.165) is 18.8 Å². The monoisotopic (exact) mass is 455 g/mol. The molecule has 3 rings (SSSR count). The van der Waals surface area contributed by atoms with Gasteiger partial charge in [-0.3, -0.25) is 4.90 Å². The number of hydrogen-bond acceptors (Lipinski definition) is 6. The van der Waals surface area contributed by atoms with E-state index in [-0.39, 0.29) is 11.5 Å². The number of nitrogens with zero attached hydrogens (tertiary/aromatic N) is 1. The Hall–Kier alpha value is -2.73. The van der Waals surface area contributed by atoms with Crippen LogP contribution >= 0.6 is 0 Å². The zero-order valence-corrected chi connectivity index (χ0v) is 20.6. The van der Waals surface area contributed by atoms with Gasteiger partial charge in [-0.2, -0.15) is 0 Å². The average molecular weight is 456 g/mol. The van der Waals surface area contributed by atoms with Gasteiger partial charge >= 0.3 is 5.97 Å². The first-order chi connectivity index (χ1) is 15.8. The summed E-state index contributed by atoms with van der Waals surface area (Å²) in [4.78, 5) is 15.3. The normalized spacial score (nSPS) is 15.5. The number of esters is 1. The first kappa shape index (κ1) is 24.9. The molecular weight excluding hydrogens is 418 g/mol. The summed E-state index contributed by atoms with van der Waals surface area (Å²) in [6, 6.07) is 13.2. The Bertz CT molecular complexity index is 898. The van der Waals surface area contributed by atoms with E-state index >= 15 is 0 Å². The van der Waals surface area contributed by atoms with E-state index < -0.39 is 5.97 Å².